The average Bonchev–Trinajstić information content (AvgIpc) is 3.30. The standard InChI is InChI=1S/C51H89NO13/c1-3-5-7-9-11-13-15-16-17-18-19-20-21-22-23-24-25-27-29-31-33-35-43(56)52-39(40(55)34-32-30-28-26-14-12-10-8-6-4-2)38-62-50-48(61)46(59)49(42(37-54)64-50)65-51-47(60)45(58)44(57)41(36-53)63-51/h5,7,11,13,16-17,19-20,32,34,39-42,44-51,53-55,57-61H,3-4,6,8-10,12,14-15,18,21-31,33,35-38H2,1-2H3,(H,52,56)/b7-5-,13-11-,17-16-,20-19-,34-32+. The first-order valence-corrected chi connectivity index (χ1v) is 25.0. The maximum absolute atomic E-state index is 13.1. The lowest BCUT2D eigenvalue weighted by Crippen LogP contribution is -2.65. The molecule has 0 aromatic heterocycles. The number of ether oxygens (including phenoxy) is 4. The van der Waals surface area contributed by atoms with Crippen LogP contribution in [-0.2, 0) is 23.7 Å². The number of aliphatic hydroxyl groups excluding tert-OH is 8. The van der Waals surface area contributed by atoms with Crippen LogP contribution < -0.4 is 5.32 Å². The fourth-order valence-corrected chi connectivity index (χ4v) is 7.87. The van der Waals surface area contributed by atoms with E-state index >= 15 is 0 Å². The first-order valence-electron chi connectivity index (χ1n) is 25.0. The number of carbonyl (C=O) groups excluding carboxylic acids is 1. The van der Waals surface area contributed by atoms with Gasteiger partial charge in [0, 0.05) is 6.42 Å². The van der Waals surface area contributed by atoms with Crippen molar-refractivity contribution in [1.82, 2.24) is 5.32 Å². The number of nitrogens with one attached hydrogen (secondary N) is 1. The third-order valence-corrected chi connectivity index (χ3v) is 12.0. The van der Waals surface area contributed by atoms with Crippen LogP contribution in [0.5, 0.6) is 0 Å². The van der Waals surface area contributed by atoms with Gasteiger partial charge in [0.25, 0.3) is 0 Å². The molecule has 9 N–H and O–H groups in total. The Hall–Kier alpha value is -2.31. The number of hydrogen-bond acceptors (Lipinski definition) is 13. The predicted molar refractivity (Wildman–Crippen MR) is 254 cm³/mol. The smallest absolute Gasteiger partial charge is 0.220 e. The topological polar surface area (TPSA) is 228 Å². The van der Waals surface area contributed by atoms with E-state index in [9.17, 15) is 45.6 Å². The van der Waals surface area contributed by atoms with Crippen LogP contribution >= 0.6 is 0 Å². The summed E-state index contributed by atoms with van der Waals surface area (Å²) in [6, 6.07) is -0.919. The van der Waals surface area contributed by atoms with E-state index in [-0.39, 0.29) is 18.9 Å². The van der Waals surface area contributed by atoms with E-state index in [1.54, 1.807) is 6.08 Å². The minimum atomic E-state index is -1.79. The minimum Gasteiger partial charge on any atom is -0.394 e. The molecular formula is C51H89NO13. The Bertz CT molecular complexity index is 1320. The van der Waals surface area contributed by atoms with E-state index in [0.29, 0.717) is 6.42 Å². The van der Waals surface area contributed by atoms with Crippen molar-refractivity contribution in [2.24, 2.45) is 0 Å². The summed E-state index contributed by atoms with van der Waals surface area (Å²) in [4.78, 5) is 13.1. The van der Waals surface area contributed by atoms with Crippen LogP contribution in [0.2, 0.25) is 0 Å². The van der Waals surface area contributed by atoms with E-state index in [0.717, 1.165) is 70.6 Å². The number of carbonyl (C=O) groups is 1. The number of allylic oxidation sites excluding steroid dienone is 9. The van der Waals surface area contributed by atoms with Crippen molar-refractivity contribution in [1.29, 1.82) is 0 Å². The Labute approximate surface area is 390 Å². The van der Waals surface area contributed by atoms with Gasteiger partial charge in [-0.2, -0.15) is 0 Å². The molecule has 0 spiro atoms. The normalized spacial score (nSPS) is 27.5. The van der Waals surface area contributed by atoms with Crippen LogP contribution in [0.15, 0.2) is 60.8 Å². The van der Waals surface area contributed by atoms with Crippen LogP contribution in [0.25, 0.3) is 0 Å². The quantitative estimate of drug-likeness (QED) is 0.0248. The van der Waals surface area contributed by atoms with Gasteiger partial charge >= 0.3 is 0 Å². The molecule has 0 saturated carbocycles. The molecule has 12 atom stereocenters. The van der Waals surface area contributed by atoms with Crippen molar-refractivity contribution in [3.05, 3.63) is 60.8 Å². The molecule has 2 heterocycles. The number of hydrogen-bond donors (Lipinski definition) is 9. The van der Waals surface area contributed by atoms with Crippen LogP contribution in [-0.4, -0.2) is 140 Å². The van der Waals surface area contributed by atoms with Crippen molar-refractivity contribution in [2.75, 3.05) is 19.8 Å². The highest BCUT2D eigenvalue weighted by Crippen LogP contribution is 2.30. The molecule has 65 heavy (non-hydrogen) atoms. The largest absolute Gasteiger partial charge is 0.394 e. The van der Waals surface area contributed by atoms with Gasteiger partial charge in [-0.05, 0) is 57.8 Å². The summed E-state index contributed by atoms with van der Waals surface area (Å²) < 4.78 is 22.6. The highest BCUT2D eigenvalue weighted by atomic mass is 16.7. The molecule has 376 valence electrons. The number of aliphatic hydroxyl groups is 8. The molecule has 2 aliphatic heterocycles. The van der Waals surface area contributed by atoms with Gasteiger partial charge in [-0.15, -0.1) is 0 Å². The zero-order valence-electron chi connectivity index (χ0n) is 39.7. The first-order chi connectivity index (χ1) is 31.6. The molecule has 14 nitrogen and oxygen atoms in total. The average molecular weight is 924 g/mol. The Morgan fingerprint density at radius 1 is 0.569 bits per heavy atom. The molecular weight excluding hydrogens is 835 g/mol. The molecule has 2 fully saturated rings. The van der Waals surface area contributed by atoms with Crippen LogP contribution in [0, 0.1) is 0 Å². The summed E-state index contributed by atoms with van der Waals surface area (Å²) in [7, 11) is 0. The summed E-state index contributed by atoms with van der Waals surface area (Å²) in [5.74, 6) is -0.253. The molecule has 0 aromatic carbocycles. The molecule has 2 saturated heterocycles. The zero-order chi connectivity index (χ0) is 47.5. The van der Waals surface area contributed by atoms with Crippen molar-refractivity contribution < 1.29 is 64.6 Å². The molecule has 12 unspecified atom stereocenters. The maximum Gasteiger partial charge on any atom is 0.220 e. The van der Waals surface area contributed by atoms with Gasteiger partial charge in [0.05, 0.1) is 32.0 Å². The van der Waals surface area contributed by atoms with E-state index in [2.05, 4.69) is 67.8 Å². The summed E-state index contributed by atoms with van der Waals surface area (Å²) in [5.41, 5.74) is 0. The highest BCUT2D eigenvalue weighted by molar-refractivity contribution is 5.76. The van der Waals surface area contributed by atoms with Gasteiger partial charge in [-0.3, -0.25) is 4.79 Å². The van der Waals surface area contributed by atoms with Crippen molar-refractivity contribution in [3.63, 3.8) is 0 Å². The SMILES string of the molecule is CC/C=C\C/C=C\C/C=C\C/C=C\CCCCCCCCCCC(=O)NC(COC1OC(CO)C(OC2OC(CO)C(O)C(O)C2O)C(O)C1O)C(O)/C=C/CCCCCCCCCC. The van der Waals surface area contributed by atoms with Gasteiger partial charge < -0.3 is 65.1 Å². The second-order valence-corrected chi connectivity index (χ2v) is 17.6. The minimum absolute atomic E-state index is 0.253. The maximum atomic E-state index is 13.1. The van der Waals surface area contributed by atoms with Gasteiger partial charge in [-0.1, -0.05) is 158 Å². The molecule has 2 aliphatic rings. The molecule has 0 radical (unpaired) electrons. The van der Waals surface area contributed by atoms with E-state index in [1.165, 1.54) is 64.2 Å². The van der Waals surface area contributed by atoms with Gasteiger partial charge in [0.2, 0.25) is 5.91 Å². The number of amides is 1. The molecule has 14 heteroatoms. The predicted octanol–water partition coefficient (Wildman–Crippen LogP) is 6.27. The summed E-state index contributed by atoms with van der Waals surface area (Å²) >= 11 is 0. The molecule has 2 rings (SSSR count). The van der Waals surface area contributed by atoms with E-state index in [4.69, 9.17) is 18.9 Å². The summed E-state index contributed by atoms with van der Waals surface area (Å²) in [6.07, 6.45) is 28.4. The monoisotopic (exact) mass is 924 g/mol. The summed E-state index contributed by atoms with van der Waals surface area (Å²) in [6.45, 7) is 2.62. The van der Waals surface area contributed by atoms with E-state index in [1.807, 2.05) is 6.08 Å². The third kappa shape index (κ3) is 25.0. The second-order valence-electron chi connectivity index (χ2n) is 17.6. The van der Waals surface area contributed by atoms with Gasteiger partial charge in [0.15, 0.2) is 12.6 Å². The summed E-state index contributed by atoms with van der Waals surface area (Å²) in [5, 5.41) is 86.6. The highest BCUT2D eigenvalue weighted by Gasteiger charge is 2.51. The van der Waals surface area contributed by atoms with Crippen molar-refractivity contribution in [3.8, 4) is 0 Å². The molecule has 0 aromatic rings. The lowest BCUT2D eigenvalue weighted by atomic mass is 9.97. The molecule has 0 aliphatic carbocycles. The Morgan fingerprint density at radius 3 is 1.63 bits per heavy atom. The van der Waals surface area contributed by atoms with Crippen LogP contribution in [0.3, 0.4) is 0 Å². The van der Waals surface area contributed by atoms with Crippen LogP contribution in [0.4, 0.5) is 0 Å². The zero-order valence-corrected chi connectivity index (χ0v) is 39.7. The molecule has 0 bridgehead atoms. The Balaban J connectivity index is 1.81. The van der Waals surface area contributed by atoms with Crippen molar-refractivity contribution in [2.45, 2.75) is 235 Å². The second kappa shape index (κ2) is 37.6. The van der Waals surface area contributed by atoms with Crippen molar-refractivity contribution >= 4 is 5.91 Å². The fourth-order valence-electron chi connectivity index (χ4n) is 7.87. The lowest BCUT2D eigenvalue weighted by Gasteiger charge is -2.46. The number of rotatable bonds is 37. The van der Waals surface area contributed by atoms with E-state index < -0.39 is 86.8 Å². The Kier molecular flexibility index (Phi) is 34.1. The molecule has 1 amide bonds. The first kappa shape index (κ1) is 58.8. The van der Waals surface area contributed by atoms with Crippen LogP contribution in [0.1, 0.15) is 162 Å². The Morgan fingerprint density at radius 2 is 1.06 bits per heavy atom. The van der Waals surface area contributed by atoms with Gasteiger partial charge in [0.1, 0.15) is 48.8 Å². The fraction of sp³-hybridized carbons (Fsp3) is 0.784. The lowest BCUT2D eigenvalue weighted by molar-refractivity contribution is -0.359. The third-order valence-electron chi connectivity index (χ3n) is 12.0. The van der Waals surface area contributed by atoms with Gasteiger partial charge in [-0.25, -0.2) is 0 Å². The number of unbranched alkanes of at least 4 members (excludes halogenated alkanes) is 16.